The molecule has 1 N–H and O–H groups in total. The molecule has 0 amide bonds. The molecule has 4 rings (SSSR count). The van der Waals surface area contributed by atoms with Crippen LogP contribution in [0.4, 0.5) is 10.4 Å². The Morgan fingerprint density at radius 1 is 1.18 bits per heavy atom. The zero-order chi connectivity index (χ0) is 19.5. The van der Waals surface area contributed by atoms with Gasteiger partial charge in [0.15, 0.2) is 0 Å². The van der Waals surface area contributed by atoms with Crippen molar-refractivity contribution in [1.82, 2.24) is 19.7 Å². The van der Waals surface area contributed by atoms with Crippen molar-refractivity contribution in [3.05, 3.63) is 72.1 Å². The number of anilines is 1. The molecule has 0 fully saturated rings. The summed E-state index contributed by atoms with van der Waals surface area (Å²) >= 11 is 0. The van der Waals surface area contributed by atoms with Gasteiger partial charge in [0.2, 0.25) is 5.89 Å². The molecule has 0 aliphatic heterocycles. The van der Waals surface area contributed by atoms with Crippen LogP contribution < -0.4 is 10.1 Å². The lowest BCUT2D eigenvalue weighted by atomic mass is 10.2. The molecule has 7 nitrogen and oxygen atoms in total. The van der Waals surface area contributed by atoms with E-state index in [1.807, 2.05) is 42.0 Å². The minimum atomic E-state index is -0.286. The normalized spacial score (nSPS) is 10.8. The van der Waals surface area contributed by atoms with Gasteiger partial charge in [0.25, 0.3) is 0 Å². The third kappa shape index (κ3) is 3.71. The Labute approximate surface area is 160 Å². The highest BCUT2D eigenvalue weighted by molar-refractivity contribution is 5.62. The molecular weight excluding hydrogens is 361 g/mol. The Balaban J connectivity index is 1.53. The highest BCUT2D eigenvalue weighted by atomic mass is 19.1. The van der Waals surface area contributed by atoms with Gasteiger partial charge in [-0.15, -0.1) is 5.10 Å². The topological polar surface area (TPSA) is 78.0 Å². The molecule has 28 heavy (non-hydrogen) atoms. The van der Waals surface area contributed by atoms with Crippen LogP contribution in [0.25, 0.3) is 17.1 Å². The molecule has 0 aliphatic rings. The number of halogens is 1. The third-order valence-electron chi connectivity index (χ3n) is 4.17. The van der Waals surface area contributed by atoms with Gasteiger partial charge in [0.05, 0.1) is 24.8 Å². The molecule has 0 spiro atoms. The van der Waals surface area contributed by atoms with Gasteiger partial charge >= 0.3 is 6.01 Å². The van der Waals surface area contributed by atoms with Crippen molar-refractivity contribution in [3.63, 3.8) is 0 Å². The molecule has 0 aliphatic carbocycles. The van der Waals surface area contributed by atoms with Crippen LogP contribution in [0.5, 0.6) is 5.75 Å². The maximum absolute atomic E-state index is 13.2. The van der Waals surface area contributed by atoms with E-state index in [0.29, 0.717) is 18.2 Å². The molecule has 142 valence electrons. The van der Waals surface area contributed by atoms with E-state index in [1.165, 1.54) is 12.1 Å². The molecule has 8 heteroatoms. The lowest BCUT2D eigenvalue weighted by molar-refractivity contribution is 0.413. The molecule has 0 atom stereocenters. The molecule has 0 saturated carbocycles. The van der Waals surface area contributed by atoms with Gasteiger partial charge in [-0.3, -0.25) is 0 Å². The number of nitrogens with one attached hydrogen (secondary N) is 1. The van der Waals surface area contributed by atoms with Crippen LogP contribution in [0.2, 0.25) is 0 Å². The monoisotopic (exact) mass is 379 g/mol. The number of hydrogen-bond acceptors (Lipinski definition) is 6. The Bertz CT molecular complexity index is 1110. The van der Waals surface area contributed by atoms with Crippen molar-refractivity contribution in [3.8, 4) is 22.9 Å². The lowest BCUT2D eigenvalue weighted by Crippen LogP contribution is -1.99. The quantitative estimate of drug-likeness (QED) is 0.546. The van der Waals surface area contributed by atoms with Gasteiger partial charge in [-0.1, -0.05) is 17.2 Å². The number of nitrogens with zero attached hydrogens (tertiary/aromatic N) is 4. The van der Waals surface area contributed by atoms with Crippen LogP contribution in [0.1, 0.15) is 11.3 Å². The van der Waals surface area contributed by atoms with E-state index in [2.05, 4.69) is 20.5 Å². The summed E-state index contributed by atoms with van der Waals surface area (Å²) in [6.07, 6.45) is 3.65. The van der Waals surface area contributed by atoms with E-state index in [4.69, 9.17) is 9.15 Å². The largest absolute Gasteiger partial charge is 0.495 e. The Morgan fingerprint density at radius 3 is 2.82 bits per heavy atom. The fourth-order valence-electron chi connectivity index (χ4n) is 2.81. The smallest absolute Gasteiger partial charge is 0.316 e. The molecule has 0 bridgehead atoms. The summed E-state index contributed by atoms with van der Waals surface area (Å²) in [4.78, 5) is 4.24. The Kier molecular flexibility index (Phi) is 4.76. The van der Waals surface area contributed by atoms with Crippen LogP contribution in [0.3, 0.4) is 0 Å². The first-order chi connectivity index (χ1) is 13.6. The zero-order valence-corrected chi connectivity index (χ0v) is 15.4. The summed E-state index contributed by atoms with van der Waals surface area (Å²) in [5.74, 6) is 0.724. The van der Waals surface area contributed by atoms with Crippen LogP contribution in [0.15, 0.2) is 59.4 Å². The number of aromatic nitrogens is 4. The summed E-state index contributed by atoms with van der Waals surface area (Å²) in [5.41, 5.74) is 3.28. The first-order valence-electron chi connectivity index (χ1n) is 8.63. The average molecular weight is 379 g/mol. The molecule has 4 aromatic rings. The van der Waals surface area contributed by atoms with Crippen molar-refractivity contribution in [2.75, 3.05) is 12.4 Å². The number of hydrogen-bond donors (Lipinski definition) is 1. The van der Waals surface area contributed by atoms with Gasteiger partial charge in [-0.2, -0.15) is 0 Å². The zero-order valence-electron chi connectivity index (χ0n) is 15.4. The van der Waals surface area contributed by atoms with Crippen LogP contribution in [0, 0.1) is 12.7 Å². The van der Waals surface area contributed by atoms with Gasteiger partial charge in [-0.05, 0) is 42.8 Å². The summed E-state index contributed by atoms with van der Waals surface area (Å²) in [7, 11) is 1.60. The van der Waals surface area contributed by atoms with E-state index in [0.717, 1.165) is 22.5 Å². The summed E-state index contributed by atoms with van der Waals surface area (Å²) in [6.45, 7) is 2.30. The van der Waals surface area contributed by atoms with E-state index >= 15 is 0 Å². The number of rotatable bonds is 6. The van der Waals surface area contributed by atoms with Gasteiger partial charge in [-0.25, -0.2) is 9.37 Å². The second kappa shape index (κ2) is 7.51. The molecule has 0 radical (unpaired) electrons. The average Bonchev–Trinajstić information content (AvgIpc) is 3.35. The highest BCUT2D eigenvalue weighted by Gasteiger charge is 2.13. The predicted molar refractivity (Wildman–Crippen MR) is 102 cm³/mol. The highest BCUT2D eigenvalue weighted by Crippen LogP contribution is 2.30. The van der Waals surface area contributed by atoms with Crippen LogP contribution >= 0.6 is 0 Å². The fraction of sp³-hybridized carbons (Fsp3) is 0.150. The number of benzene rings is 2. The molecule has 2 heterocycles. The number of aryl methyl sites for hydroxylation is 1. The van der Waals surface area contributed by atoms with Gasteiger partial charge in [0, 0.05) is 18.3 Å². The third-order valence-corrected chi connectivity index (χ3v) is 4.17. The SMILES string of the molecule is COc1cc(-c2nnc(NCc3cccc(F)c3)o2)ccc1-n1cnc(C)c1. The fourth-order valence-corrected chi connectivity index (χ4v) is 2.81. The predicted octanol–water partition coefficient (Wildman–Crippen LogP) is 3.99. The first-order valence-corrected chi connectivity index (χ1v) is 8.63. The van der Waals surface area contributed by atoms with Crippen LogP contribution in [-0.2, 0) is 6.54 Å². The maximum Gasteiger partial charge on any atom is 0.316 e. The minimum Gasteiger partial charge on any atom is -0.495 e. The second-order valence-corrected chi connectivity index (χ2v) is 6.20. The number of imidazole rings is 1. The minimum absolute atomic E-state index is 0.257. The summed E-state index contributed by atoms with van der Waals surface area (Å²) in [6, 6.07) is 12.2. The van der Waals surface area contributed by atoms with Crippen LogP contribution in [-0.4, -0.2) is 26.9 Å². The number of ether oxygens (including phenoxy) is 1. The standard InChI is InChI=1S/C20H18FN5O2/c1-13-11-26(12-23-13)17-7-6-15(9-18(17)27-2)19-24-25-20(28-19)22-10-14-4-3-5-16(21)8-14/h3-9,11-12H,10H2,1-2H3,(H,22,25). The Morgan fingerprint density at radius 2 is 2.07 bits per heavy atom. The van der Waals surface area contributed by atoms with Gasteiger partial charge < -0.3 is 19.0 Å². The first kappa shape index (κ1) is 17.7. The summed E-state index contributed by atoms with van der Waals surface area (Å²) < 4.78 is 26.3. The second-order valence-electron chi connectivity index (χ2n) is 6.20. The Hall–Kier alpha value is -3.68. The summed E-state index contributed by atoms with van der Waals surface area (Å²) in [5, 5.41) is 11.1. The molecule has 2 aromatic heterocycles. The van der Waals surface area contributed by atoms with Gasteiger partial charge in [0.1, 0.15) is 11.6 Å². The lowest BCUT2D eigenvalue weighted by Gasteiger charge is -2.09. The maximum atomic E-state index is 13.2. The van der Waals surface area contributed by atoms with Crippen molar-refractivity contribution in [2.24, 2.45) is 0 Å². The molecular formula is C20H18FN5O2. The number of methoxy groups -OCH3 is 1. The van der Waals surface area contributed by atoms with E-state index in [-0.39, 0.29) is 11.8 Å². The molecule has 0 unspecified atom stereocenters. The molecule has 0 saturated heterocycles. The van der Waals surface area contributed by atoms with E-state index in [9.17, 15) is 4.39 Å². The molecule has 2 aromatic carbocycles. The van der Waals surface area contributed by atoms with Crippen molar-refractivity contribution in [2.45, 2.75) is 13.5 Å². The van der Waals surface area contributed by atoms with Crippen molar-refractivity contribution < 1.29 is 13.5 Å². The van der Waals surface area contributed by atoms with Crippen molar-refractivity contribution in [1.29, 1.82) is 0 Å². The van der Waals surface area contributed by atoms with E-state index in [1.54, 1.807) is 19.5 Å². The van der Waals surface area contributed by atoms with E-state index < -0.39 is 0 Å². The van der Waals surface area contributed by atoms with Crippen molar-refractivity contribution >= 4 is 6.01 Å².